The van der Waals surface area contributed by atoms with Crippen molar-refractivity contribution in [2.24, 2.45) is 0 Å². The average Bonchev–Trinajstić information content (AvgIpc) is 3.19. The first kappa shape index (κ1) is 18.5. The van der Waals surface area contributed by atoms with Crippen molar-refractivity contribution in [1.82, 2.24) is 9.78 Å². The first-order valence-corrected chi connectivity index (χ1v) is 9.07. The van der Waals surface area contributed by atoms with Crippen LogP contribution in [0.2, 0.25) is 15.1 Å². The number of fused-ring (bicyclic) bond motifs is 1. The van der Waals surface area contributed by atoms with Gasteiger partial charge in [-0.1, -0.05) is 40.9 Å². The van der Waals surface area contributed by atoms with E-state index in [1.807, 2.05) is 0 Å². The zero-order chi connectivity index (χ0) is 19.3. The Balaban J connectivity index is 1.90. The van der Waals surface area contributed by atoms with Crippen LogP contribution in [0.5, 0.6) is 0 Å². The van der Waals surface area contributed by atoms with Crippen molar-refractivity contribution in [3.8, 4) is 16.9 Å². The molecule has 0 saturated heterocycles. The third kappa shape index (κ3) is 3.26. The molecule has 1 aliphatic heterocycles. The number of nitrogens with one attached hydrogen (secondary N) is 1. The Morgan fingerprint density at radius 2 is 1.70 bits per heavy atom. The van der Waals surface area contributed by atoms with Gasteiger partial charge in [-0.15, -0.1) is 0 Å². The summed E-state index contributed by atoms with van der Waals surface area (Å²) in [5, 5.41) is 8.66. The molecule has 140 valence electrons. The van der Waals surface area contributed by atoms with Crippen molar-refractivity contribution in [3.63, 3.8) is 0 Å². The quantitative estimate of drug-likeness (QED) is 0.502. The molecule has 0 amide bonds. The number of aromatic nitrogens is 2. The van der Waals surface area contributed by atoms with E-state index in [0.29, 0.717) is 34.5 Å². The molecule has 0 unspecified atom stereocenters. The fourth-order valence-electron chi connectivity index (χ4n) is 3.08. The monoisotopic (exact) mass is 431 g/mol. The summed E-state index contributed by atoms with van der Waals surface area (Å²) in [6.45, 7) is 0.651. The molecule has 0 radical (unpaired) electrons. The molecule has 0 atom stereocenters. The topological polar surface area (TPSA) is 29.9 Å². The van der Waals surface area contributed by atoms with Crippen molar-refractivity contribution in [3.05, 3.63) is 62.6 Å². The molecule has 0 bridgehead atoms. The van der Waals surface area contributed by atoms with Gasteiger partial charge in [-0.2, -0.15) is 18.3 Å². The molecule has 1 aliphatic rings. The zero-order valence-corrected chi connectivity index (χ0v) is 15.8. The Labute approximate surface area is 167 Å². The van der Waals surface area contributed by atoms with E-state index >= 15 is 0 Å². The number of anilines is 1. The van der Waals surface area contributed by atoms with Crippen LogP contribution in [0.25, 0.3) is 16.9 Å². The van der Waals surface area contributed by atoms with Gasteiger partial charge in [-0.25, -0.2) is 4.68 Å². The SMILES string of the molecule is FC(F)(F)c1ccc(Cl)c(-n2nc(-c3ccc(Cl)c(Cl)c3)c3c2NCC3)c1. The van der Waals surface area contributed by atoms with Gasteiger partial charge in [0.2, 0.25) is 0 Å². The summed E-state index contributed by atoms with van der Waals surface area (Å²) in [6.07, 6.45) is -3.79. The first-order valence-electron chi connectivity index (χ1n) is 7.94. The molecule has 0 saturated carbocycles. The highest BCUT2D eigenvalue weighted by atomic mass is 35.5. The van der Waals surface area contributed by atoms with E-state index in [4.69, 9.17) is 34.8 Å². The third-order valence-electron chi connectivity index (χ3n) is 4.35. The summed E-state index contributed by atoms with van der Waals surface area (Å²) in [5.74, 6) is 0.622. The van der Waals surface area contributed by atoms with E-state index in [0.717, 1.165) is 23.3 Å². The molecule has 2 heterocycles. The van der Waals surface area contributed by atoms with Gasteiger partial charge in [0.15, 0.2) is 0 Å². The number of hydrogen-bond donors (Lipinski definition) is 1. The lowest BCUT2D eigenvalue weighted by Crippen LogP contribution is -2.09. The molecule has 27 heavy (non-hydrogen) atoms. The summed E-state index contributed by atoms with van der Waals surface area (Å²) >= 11 is 18.3. The molecule has 0 aliphatic carbocycles. The lowest BCUT2D eigenvalue weighted by atomic mass is 10.1. The van der Waals surface area contributed by atoms with Crippen molar-refractivity contribution in [2.45, 2.75) is 12.6 Å². The highest BCUT2D eigenvalue weighted by Gasteiger charge is 2.32. The fraction of sp³-hybridized carbons (Fsp3) is 0.167. The molecule has 9 heteroatoms. The van der Waals surface area contributed by atoms with Gasteiger partial charge in [0.25, 0.3) is 0 Å². The van der Waals surface area contributed by atoms with Gasteiger partial charge < -0.3 is 5.32 Å². The van der Waals surface area contributed by atoms with Crippen molar-refractivity contribution in [1.29, 1.82) is 0 Å². The normalized spacial score (nSPS) is 13.6. The Hall–Kier alpha value is -1.89. The van der Waals surface area contributed by atoms with Gasteiger partial charge in [0.1, 0.15) is 5.82 Å². The number of benzene rings is 2. The smallest absolute Gasteiger partial charge is 0.369 e. The van der Waals surface area contributed by atoms with Crippen molar-refractivity contribution in [2.75, 3.05) is 11.9 Å². The van der Waals surface area contributed by atoms with Crippen LogP contribution in [-0.2, 0) is 12.6 Å². The second-order valence-corrected chi connectivity index (χ2v) is 7.28. The molecular formula is C18H11Cl3F3N3. The zero-order valence-electron chi connectivity index (χ0n) is 13.5. The standard InChI is InChI=1S/C18H11Cl3F3N3/c19-12-3-1-9(7-14(12)21)16-11-5-6-25-17(11)27(26-16)15-8-10(18(22,23)24)2-4-13(15)20/h1-4,7-8,25H,5-6H2. The highest BCUT2D eigenvalue weighted by Crippen LogP contribution is 2.39. The van der Waals surface area contributed by atoms with Gasteiger partial charge in [0, 0.05) is 17.7 Å². The minimum atomic E-state index is -4.48. The van der Waals surface area contributed by atoms with E-state index in [2.05, 4.69) is 10.4 Å². The average molecular weight is 433 g/mol. The van der Waals surface area contributed by atoms with E-state index in [1.54, 1.807) is 18.2 Å². The lowest BCUT2D eigenvalue weighted by Gasteiger charge is -2.12. The Morgan fingerprint density at radius 1 is 0.963 bits per heavy atom. The maximum Gasteiger partial charge on any atom is 0.416 e. The van der Waals surface area contributed by atoms with Crippen LogP contribution in [0.4, 0.5) is 19.0 Å². The molecule has 3 aromatic rings. The third-order valence-corrected chi connectivity index (χ3v) is 5.40. The number of hydrogen-bond acceptors (Lipinski definition) is 2. The summed E-state index contributed by atoms with van der Waals surface area (Å²) < 4.78 is 40.8. The number of rotatable bonds is 2. The molecule has 4 rings (SSSR count). The first-order chi connectivity index (χ1) is 12.8. The van der Waals surface area contributed by atoms with Crippen LogP contribution in [0.3, 0.4) is 0 Å². The van der Waals surface area contributed by atoms with Gasteiger partial charge >= 0.3 is 6.18 Å². The predicted octanol–water partition coefficient (Wildman–Crippen LogP) is 6.49. The Morgan fingerprint density at radius 3 is 2.41 bits per heavy atom. The second kappa shape index (κ2) is 6.62. The molecule has 0 spiro atoms. The van der Waals surface area contributed by atoms with E-state index < -0.39 is 11.7 Å². The maximum absolute atomic E-state index is 13.1. The van der Waals surface area contributed by atoms with Crippen LogP contribution >= 0.6 is 34.8 Å². The predicted molar refractivity (Wildman–Crippen MR) is 101 cm³/mol. The minimum Gasteiger partial charge on any atom is -0.369 e. The largest absolute Gasteiger partial charge is 0.416 e. The van der Waals surface area contributed by atoms with Crippen molar-refractivity contribution >= 4 is 40.6 Å². The second-order valence-electron chi connectivity index (χ2n) is 6.06. The molecule has 3 nitrogen and oxygen atoms in total. The van der Waals surface area contributed by atoms with Crippen LogP contribution in [0.1, 0.15) is 11.1 Å². The summed E-state index contributed by atoms with van der Waals surface area (Å²) in [6, 6.07) is 8.28. The van der Waals surface area contributed by atoms with Gasteiger partial charge in [0.05, 0.1) is 32.0 Å². The summed E-state index contributed by atoms with van der Waals surface area (Å²) in [4.78, 5) is 0. The Kier molecular flexibility index (Phi) is 4.53. The van der Waals surface area contributed by atoms with Crippen molar-refractivity contribution < 1.29 is 13.2 Å². The van der Waals surface area contributed by atoms with E-state index in [9.17, 15) is 13.2 Å². The summed E-state index contributed by atoms with van der Waals surface area (Å²) in [7, 11) is 0. The molecule has 2 aromatic carbocycles. The minimum absolute atomic E-state index is 0.156. The highest BCUT2D eigenvalue weighted by molar-refractivity contribution is 6.42. The molecular weight excluding hydrogens is 422 g/mol. The number of halogens is 6. The van der Waals surface area contributed by atoms with Crippen LogP contribution in [0, 0.1) is 0 Å². The van der Waals surface area contributed by atoms with Crippen LogP contribution < -0.4 is 5.32 Å². The van der Waals surface area contributed by atoms with Crippen LogP contribution in [0.15, 0.2) is 36.4 Å². The van der Waals surface area contributed by atoms with Gasteiger partial charge in [-0.05, 0) is 36.8 Å². The number of alkyl halides is 3. The molecule has 0 fully saturated rings. The van der Waals surface area contributed by atoms with Crippen LogP contribution in [-0.4, -0.2) is 16.3 Å². The van der Waals surface area contributed by atoms with E-state index in [1.165, 1.54) is 10.7 Å². The van der Waals surface area contributed by atoms with E-state index in [-0.39, 0.29) is 10.7 Å². The fourth-order valence-corrected chi connectivity index (χ4v) is 3.57. The summed E-state index contributed by atoms with van der Waals surface area (Å²) in [5.41, 5.74) is 1.61. The number of nitrogens with zero attached hydrogens (tertiary/aromatic N) is 2. The molecule has 1 N–H and O–H groups in total. The Bertz CT molecular complexity index is 1040. The van der Waals surface area contributed by atoms with Gasteiger partial charge in [-0.3, -0.25) is 0 Å². The lowest BCUT2D eigenvalue weighted by molar-refractivity contribution is -0.137. The maximum atomic E-state index is 13.1. The molecule has 1 aromatic heterocycles.